The number of nitrogens with one attached hydrogen (secondary N) is 1. The fourth-order valence-corrected chi connectivity index (χ4v) is 4.02. The van der Waals surface area contributed by atoms with Crippen LogP contribution in [0.1, 0.15) is 31.2 Å². The molecule has 1 aromatic carbocycles. The van der Waals surface area contributed by atoms with E-state index in [1.807, 2.05) is 25.1 Å². The van der Waals surface area contributed by atoms with Gasteiger partial charge in [0.2, 0.25) is 5.91 Å². The molecule has 0 spiro atoms. The lowest BCUT2D eigenvalue weighted by molar-refractivity contribution is -0.117. The molecule has 0 radical (unpaired) electrons. The highest BCUT2D eigenvalue weighted by Gasteiger charge is 2.54. The van der Waals surface area contributed by atoms with Crippen molar-refractivity contribution >= 4 is 27.5 Å². The summed E-state index contributed by atoms with van der Waals surface area (Å²) < 4.78 is 1.02. The standard InChI is InChI=1S/C15H18BrNO/c1-9-6-10(16)8-11(7-9)17-15(18)14-12-4-2-3-5-13(12)14/h6-8,12-14H,2-5H2,1H3,(H,17,18). The largest absolute Gasteiger partial charge is 0.326 e. The average Bonchev–Trinajstić information content (AvgIpc) is 3.01. The second kappa shape index (κ2) is 4.69. The molecule has 96 valence electrons. The Hall–Kier alpha value is -0.830. The summed E-state index contributed by atoms with van der Waals surface area (Å²) in [6, 6.07) is 6.04. The molecule has 2 aliphatic carbocycles. The predicted molar refractivity (Wildman–Crippen MR) is 76.4 cm³/mol. The van der Waals surface area contributed by atoms with Gasteiger partial charge in [0, 0.05) is 16.1 Å². The van der Waals surface area contributed by atoms with Crippen molar-refractivity contribution in [1.29, 1.82) is 0 Å². The van der Waals surface area contributed by atoms with Gasteiger partial charge in [-0.25, -0.2) is 0 Å². The fourth-order valence-electron chi connectivity index (χ4n) is 3.42. The highest BCUT2D eigenvalue weighted by Crippen LogP contribution is 2.55. The van der Waals surface area contributed by atoms with Gasteiger partial charge in [0.05, 0.1) is 0 Å². The summed E-state index contributed by atoms with van der Waals surface area (Å²) in [7, 11) is 0. The van der Waals surface area contributed by atoms with Crippen LogP contribution in [0.2, 0.25) is 0 Å². The summed E-state index contributed by atoms with van der Waals surface area (Å²) >= 11 is 3.47. The van der Waals surface area contributed by atoms with Crippen molar-refractivity contribution in [1.82, 2.24) is 0 Å². The smallest absolute Gasteiger partial charge is 0.228 e. The number of aryl methyl sites for hydroxylation is 1. The fraction of sp³-hybridized carbons (Fsp3) is 0.533. The van der Waals surface area contributed by atoms with E-state index < -0.39 is 0 Å². The monoisotopic (exact) mass is 307 g/mol. The average molecular weight is 308 g/mol. The lowest BCUT2D eigenvalue weighted by atomic mass is 10.0. The highest BCUT2D eigenvalue weighted by molar-refractivity contribution is 9.10. The van der Waals surface area contributed by atoms with Crippen molar-refractivity contribution in [3.63, 3.8) is 0 Å². The van der Waals surface area contributed by atoms with Crippen molar-refractivity contribution < 1.29 is 4.79 Å². The first-order chi connectivity index (χ1) is 8.65. The maximum atomic E-state index is 12.2. The molecule has 0 heterocycles. The first-order valence-corrected chi connectivity index (χ1v) is 7.52. The summed E-state index contributed by atoms with van der Waals surface area (Å²) in [6.45, 7) is 2.04. The lowest BCUT2D eigenvalue weighted by Crippen LogP contribution is -2.15. The number of hydrogen-bond acceptors (Lipinski definition) is 1. The molecule has 2 atom stereocenters. The summed E-state index contributed by atoms with van der Waals surface area (Å²) in [5.41, 5.74) is 2.07. The van der Waals surface area contributed by atoms with Gasteiger partial charge >= 0.3 is 0 Å². The molecule has 2 fully saturated rings. The van der Waals surface area contributed by atoms with Crippen molar-refractivity contribution in [2.45, 2.75) is 32.6 Å². The molecule has 0 saturated heterocycles. The molecule has 1 amide bonds. The molecule has 2 nitrogen and oxygen atoms in total. The van der Waals surface area contributed by atoms with Crippen LogP contribution in [0.5, 0.6) is 0 Å². The zero-order valence-corrected chi connectivity index (χ0v) is 12.2. The molecule has 1 N–H and O–H groups in total. The van der Waals surface area contributed by atoms with E-state index in [0.717, 1.165) is 15.7 Å². The Morgan fingerprint density at radius 1 is 1.22 bits per heavy atom. The highest BCUT2D eigenvalue weighted by atomic mass is 79.9. The molecule has 3 rings (SSSR count). The SMILES string of the molecule is Cc1cc(Br)cc(NC(=O)C2C3CCCCC32)c1. The zero-order valence-electron chi connectivity index (χ0n) is 10.6. The summed E-state index contributed by atoms with van der Waals surface area (Å²) in [4.78, 5) is 12.2. The molecule has 2 aliphatic rings. The minimum atomic E-state index is 0.226. The van der Waals surface area contributed by atoms with E-state index >= 15 is 0 Å². The lowest BCUT2D eigenvalue weighted by Gasteiger charge is -2.06. The molecule has 0 bridgehead atoms. The van der Waals surface area contributed by atoms with Gasteiger partial charge in [0.1, 0.15) is 0 Å². The molecule has 0 aliphatic heterocycles. The van der Waals surface area contributed by atoms with E-state index in [9.17, 15) is 4.79 Å². The van der Waals surface area contributed by atoms with E-state index in [4.69, 9.17) is 0 Å². The molecule has 3 heteroatoms. The van der Waals surface area contributed by atoms with Crippen LogP contribution in [-0.2, 0) is 4.79 Å². The van der Waals surface area contributed by atoms with Crippen LogP contribution in [0.4, 0.5) is 5.69 Å². The number of halogens is 1. The topological polar surface area (TPSA) is 29.1 Å². The van der Waals surface area contributed by atoms with Crippen LogP contribution in [0.15, 0.2) is 22.7 Å². The minimum Gasteiger partial charge on any atom is -0.326 e. The van der Waals surface area contributed by atoms with Gasteiger partial charge < -0.3 is 5.32 Å². The van der Waals surface area contributed by atoms with Gasteiger partial charge in [-0.3, -0.25) is 4.79 Å². The third kappa shape index (κ3) is 2.33. The number of carbonyl (C=O) groups excluding carboxylic acids is 1. The first-order valence-electron chi connectivity index (χ1n) is 6.73. The third-order valence-corrected chi connectivity index (χ3v) is 4.73. The number of hydrogen-bond donors (Lipinski definition) is 1. The number of carbonyl (C=O) groups is 1. The van der Waals surface area contributed by atoms with Gasteiger partial charge in [-0.1, -0.05) is 28.8 Å². The van der Waals surface area contributed by atoms with Gasteiger partial charge in [0.15, 0.2) is 0 Å². The van der Waals surface area contributed by atoms with Crippen molar-refractivity contribution in [3.8, 4) is 0 Å². The molecular weight excluding hydrogens is 290 g/mol. The summed E-state index contributed by atoms with van der Waals surface area (Å²) in [5, 5.41) is 3.07. The molecule has 1 aromatic rings. The van der Waals surface area contributed by atoms with E-state index in [-0.39, 0.29) is 11.8 Å². The zero-order chi connectivity index (χ0) is 12.7. The van der Waals surface area contributed by atoms with E-state index in [1.165, 1.54) is 25.7 Å². The van der Waals surface area contributed by atoms with Crippen LogP contribution in [0.3, 0.4) is 0 Å². The van der Waals surface area contributed by atoms with Gasteiger partial charge in [-0.05, 0) is 55.4 Å². The normalized spacial score (nSPS) is 29.6. The van der Waals surface area contributed by atoms with Crippen LogP contribution in [-0.4, -0.2) is 5.91 Å². The van der Waals surface area contributed by atoms with Crippen LogP contribution >= 0.6 is 15.9 Å². The number of benzene rings is 1. The molecule has 2 saturated carbocycles. The Labute approximate surface area is 116 Å². The Bertz CT molecular complexity index is 453. The van der Waals surface area contributed by atoms with Crippen LogP contribution < -0.4 is 5.32 Å². The van der Waals surface area contributed by atoms with Gasteiger partial charge in [0.25, 0.3) is 0 Å². The Balaban J connectivity index is 1.68. The maximum absolute atomic E-state index is 12.2. The van der Waals surface area contributed by atoms with E-state index in [2.05, 4.69) is 21.2 Å². The van der Waals surface area contributed by atoms with Crippen LogP contribution in [0.25, 0.3) is 0 Å². The molecule has 2 unspecified atom stereocenters. The molecule has 18 heavy (non-hydrogen) atoms. The van der Waals surface area contributed by atoms with Gasteiger partial charge in [-0.15, -0.1) is 0 Å². The Kier molecular flexibility index (Phi) is 3.18. The number of amides is 1. The third-order valence-electron chi connectivity index (χ3n) is 4.27. The second-order valence-electron chi connectivity index (χ2n) is 5.64. The minimum absolute atomic E-state index is 0.226. The summed E-state index contributed by atoms with van der Waals surface area (Å²) in [6.07, 6.45) is 5.11. The van der Waals surface area contributed by atoms with E-state index in [1.54, 1.807) is 0 Å². The Morgan fingerprint density at radius 3 is 2.50 bits per heavy atom. The van der Waals surface area contributed by atoms with Gasteiger partial charge in [-0.2, -0.15) is 0 Å². The number of anilines is 1. The molecular formula is C15H18BrNO. The number of rotatable bonds is 2. The first kappa shape index (κ1) is 12.2. The Morgan fingerprint density at radius 2 is 1.89 bits per heavy atom. The van der Waals surface area contributed by atoms with Crippen molar-refractivity contribution in [2.75, 3.05) is 5.32 Å². The summed E-state index contributed by atoms with van der Waals surface area (Å²) in [5.74, 6) is 1.86. The molecule has 0 aromatic heterocycles. The predicted octanol–water partition coefficient (Wildman–Crippen LogP) is 4.13. The quantitative estimate of drug-likeness (QED) is 0.874. The van der Waals surface area contributed by atoms with Crippen LogP contribution in [0, 0.1) is 24.7 Å². The van der Waals surface area contributed by atoms with E-state index in [0.29, 0.717) is 11.8 Å². The second-order valence-corrected chi connectivity index (χ2v) is 6.56. The number of fused-ring (bicyclic) bond motifs is 1. The van der Waals surface area contributed by atoms with Crippen molar-refractivity contribution in [3.05, 3.63) is 28.2 Å². The maximum Gasteiger partial charge on any atom is 0.228 e. The van der Waals surface area contributed by atoms with Crippen molar-refractivity contribution in [2.24, 2.45) is 17.8 Å².